The predicted molar refractivity (Wildman–Crippen MR) is 169 cm³/mol. The second-order valence-electron chi connectivity index (χ2n) is 10.3. The lowest BCUT2D eigenvalue weighted by Crippen LogP contribution is -2.41. The zero-order chi connectivity index (χ0) is 30.4. The molecule has 3 heterocycles. The lowest BCUT2D eigenvalue weighted by molar-refractivity contribution is -0.148. The minimum absolute atomic E-state index is 0.0647. The van der Waals surface area contributed by atoms with Gasteiger partial charge in [0.15, 0.2) is 0 Å². The fraction of sp³-hybridized carbons (Fsp3) is 0.452. The summed E-state index contributed by atoms with van der Waals surface area (Å²) in [6.07, 6.45) is 4.27. The number of aromatic nitrogens is 1. The Kier molecular flexibility index (Phi) is 10.5. The largest absolute Gasteiger partial charge is 0.497 e. The van der Waals surface area contributed by atoms with E-state index in [1.807, 2.05) is 31.2 Å². The van der Waals surface area contributed by atoms with E-state index < -0.39 is 0 Å². The molecule has 0 bridgehead atoms. The molecule has 42 heavy (non-hydrogen) atoms. The number of esters is 1. The van der Waals surface area contributed by atoms with Gasteiger partial charge in [0.2, 0.25) is 0 Å². The number of rotatable bonds is 10. The molecule has 0 spiro atoms. The van der Waals surface area contributed by atoms with Gasteiger partial charge in [0.1, 0.15) is 27.5 Å². The van der Waals surface area contributed by atoms with Crippen LogP contribution in [-0.4, -0.2) is 59.0 Å². The summed E-state index contributed by atoms with van der Waals surface area (Å²) in [5, 5.41) is 9.91. The van der Waals surface area contributed by atoms with E-state index in [1.54, 1.807) is 36.5 Å². The van der Waals surface area contributed by atoms with Crippen molar-refractivity contribution in [1.29, 1.82) is 5.26 Å². The Morgan fingerprint density at radius 2 is 1.86 bits per heavy atom. The maximum absolute atomic E-state index is 13.6. The Hall–Kier alpha value is -3.62. The second kappa shape index (κ2) is 14.0. The third-order valence-electron chi connectivity index (χ3n) is 7.64. The number of amides is 1. The number of benzene rings is 1. The summed E-state index contributed by atoms with van der Waals surface area (Å²) in [6.45, 7) is 7.80. The summed E-state index contributed by atoms with van der Waals surface area (Å²) in [5.41, 5.74) is 1.97. The van der Waals surface area contributed by atoms with Gasteiger partial charge in [0, 0.05) is 31.7 Å². The molecule has 0 saturated carbocycles. The Labute approximate surface area is 256 Å². The predicted octanol–water partition coefficient (Wildman–Crippen LogP) is 4.67. The van der Waals surface area contributed by atoms with Crippen LogP contribution < -0.4 is 15.2 Å². The van der Waals surface area contributed by atoms with E-state index in [-0.39, 0.29) is 28.9 Å². The monoisotopic (exact) mass is 608 g/mol. The van der Waals surface area contributed by atoms with Crippen LogP contribution in [0.15, 0.2) is 34.0 Å². The molecule has 0 N–H and O–H groups in total. The van der Waals surface area contributed by atoms with Crippen molar-refractivity contribution in [1.82, 2.24) is 9.47 Å². The first-order valence-electron chi connectivity index (χ1n) is 14.2. The number of nitrogens with zero attached hydrogens (tertiary/aromatic N) is 4. The molecule has 1 aromatic carbocycles. The number of pyridine rings is 1. The molecule has 11 heteroatoms. The molecule has 0 radical (unpaired) electrons. The summed E-state index contributed by atoms with van der Waals surface area (Å²) in [6, 6.07) is 9.79. The smallest absolute Gasteiger partial charge is 0.309 e. The molecule has 4 rings (SSSR count). The Bertz CT molecular complexity index is 1480. The maximum Gasteiger partial charge on any atom is 0.309 e. The van der Waals surface area contributed by atoms with E-state index in [0.717, 1.165) is 11.3 Å². The average Bonchev–Trinajstić information content (AvgIpc) is 3.26. The fourth-order valence-corrected chi connectivity index (χ4v) is 6.65. The fourth-order valence-electron chi connectivity index (χ4n) is 5.36. The number of nitriles is 1. The van der Waals surface area contributed by atoms with Gasteiger partial charge in [-0.15, -0.1) is 0 Å². The highest BCUT2D eigenvalue weighted by Gasteiger charge is 2.34. The van der Waals surface area contributed by atoms with Crippen LogP contribution >= 0.6 is 24.0 Å². The highest BCUT2D eigenvalue weighted by atomic mass is 32.2. The van der Waals surface area contributed by atoms with Crippen LogP contribution in [0.3, 0.4) is 0 Å². The highest BCUT2D eigenvalue weighted by molar-refractivity contribution is 8.26. The Balaban J connectivity index is 1.68. The number of hydrogen-bond donors (Lipinski definition) is 0. The van der Waals surface area contributed by atoms with Crippen LogP contribution in [0.5, 0.6) is 5.75 Å². The topological polar surface area (TPSA) is 105 Å². The number of anilines is 1. The number of piperidine rings is 1. The SMILES string of the molecule is CCCn1c(N2CCC(C(=O)OCC)CC2)c(/C=C2\SC(=S)N(CCc3ccc(OC)cc3)C2=O)c(C)c(C#N)c1=O. The zero-order valence-electron chi connectivity index (χ0n) is 24.5. The molecule has 1 amide bonds. The van der Waals surface area contributed by atoms with Gasteiger partial charge in [-0.1, -0.05) is 43.0 Å². The molecule has 2 aromatic rings. The summed E-state index contributed by atoms with van der Waals surface area (Å²) < 4.78 is 12.6. The van der Waals surface area contributed by atoms with E-state index >= 15 is 0 Å². The number of carbonyl (C=O) groups is 2. The summed E-state index contributed by atoms with van der Waals surface area (Å²) in [5.74, 6) is 0.848. The third kappa shape index (κ3) is 6.55. The first-order chi connectivity index (χ1) is 20.2. The molecule has 2 fully saturated rings. The van der Waals surface area contributed by atoms with Gasteiger partial charge in [-0.2, -0.15) is 5.26 Å². The standard InChI is InChI=1S/C31H36N4O5S2/c1-5-14-34-27(33-15-12-22(13-16-33)30(38)40-6-2)24(20(3)25(19-32)28(34)36)18-26-29(37)35(31(41)42-26)17-11-21-7-9-23(39-4)10-8-21/h7-10,18,22H,5-6,11-17H2,1-4H3/b26-18-. The molecule has 2 aliphatic heterocycles. The third-order valence-corrected chi connectivity index (χ3v) is 9.02. The van der Waals surface area contributed by atoms with Gasteiger partial charge in [-0.3, -0.25) is 23.9 Å². The van der Waals surface area contributed by atoms with Gasteiger partial charge < -0.3 is 14.4 Å². The molecular formula is C31H36N4O5S2. The number of hydrogen-bond acceptors (Lipinski definition) is 9. The van der Waals surface area contributed by atoms with Crippen molar-refractivity contribution in [3.63, 3.8) is 0 Å². The first-order valence-corrected chi connectivity index (χ1v) is 15.4. The molecule has 222 valence electrons. The van der Waals surface area contributed by atoms with Crippen LogP contribution in [0, 0.1) is 24.2 Å². The molecule has 1 aromatic heterocycles. The molecule has 0 unspecified atom stereocenters. The summed E-state index contributed by atoms with van der Waals surface area (Å²) in [7, 11) is 1.62. The molecule has 2 saturated heterocycles. The van der Waals surface area contributed by atoms with Crippen molar-refractivity contribution in [2.24, 2.45) is 5.92 Å². The molecule has 0 aliphatic carbocycles. The van der Waals surface area contributed by atoms with Gasteiger partial charge in [0.05, 0.1) is 24.5 Å². The van der Waals surface area contributed by atoms with E-state index in [4.69, 9.17) is 21.7 Å². The number of carbonyl (C=O) groups excluding carboxylic acids is 2. The molecular weight excluding hydrogens is 572 g/mol. The van der Waals surface area contributed by atoms with E-state index in [1.165, 1.54) is 11.8 Å². The quantitative estimate of drug-likeness (QED) is 0.216. The first kappa shape index (κ1) is 31.3. The van der Waals surface area contributed by atoms with E-state index in [2.05, 4.69) is 11.0 Å². The normalized spacial score (nSPS) is 16.7. The van der Waals surface area contributed by atoms with E-state index in [0.29, 0.717) is 84.6 Å². The maximum atomic E-state index is 13.6. The van der Waals surface area contributed by atoms with Crippen LogP contribution in [0.4, 0.5) is 5.82 Å². The lowest BCUT2D eigenvalue weighted by atomic mass is 9.95. The average molecular weight is 609 g/mol. The Morgan fingerprint density at radius 3 is 2.45 bits per heavy atom. The molecule has 9 nitrogen and oxygen atoms in total. The molecule has 0 atom stereocenters. The van der Waals surface area contributed by atoms with Crippen LogP contribution in [0.2, 0.25) is 0 Å². The van der Waals surface area contributed by atoms with Gasteiger partial charge in [-0.25, -0.2) is 0 Å². The number of methoxy groups -OCH3 is 1. The number of thiocarbonyl (C=S) groups is 1. The van der Waals surface area contributed by atoms with Crippen LogP contribution in [0.1, 0.15) is 55.4 Å². The van der Waals surface area contributed by atoms with Crippen molar-refractivity contribution < 1.29 is 19.1 Å². The van der Waals surface area contributed by atoms with Crippen LogP contribution in [-0.2, 0) is 27.3 Å². The van der Waals surface area contributed by atoms with Gasteiger partial charge >= 0.3 is 5.97 Å². The van der Waals surface area contributed by atoms with Crippen molar-refractivity contribution in [3.05, 3.63) is 61.8 Å². The highest BCUT2D eigenvalue weighted by Crippen LogP contribution is 2.37. The summed E-state index contributed by atoms with van der Waals surface area (Å²) in [4.78, 5) is 43.6. The zero-order valence-corrected chi connectivity index (χ0v) is 26.1. The van der Waals surface area contributed by atoms with E-state index in [9.17, 15) is 19.6 Å². The summed E-state index contributed by atoms with van der Waals surface area (Å²) >= 11 is 6.83. The molecule has 2 aliphatic rings. The minimum Gasteiger partial charge on any atom is -0.497 e. The Morgan fingerprint density at radius 1 is 1.17 bits per heavy atom. The van der Waals surface area contributed by atoms with Crippen molar-refractivity contribution in [2.75, 3.05) is 38.3 Å². The van der Waals surface area contributed by atoms with Crippen LogP contribution in [0.25, 0.3) is 6.08 Å². The number of thioether (sulfide) groups is 1. The van der Waals surface area contributed by atoms with Crippen molar-refractivity contribution in [2.45, 2.75) is 53.0 Å². The van der Waals surface area contributed by atoms with Crippen molar-refractivity contribution in [3.8, 4) is 11.8 Å². The second-order valence-corrected chi connectivity index (χ2v) is 11.9. The number of ether oxygens (including phenoxy) is 2. The lowest BCUT2D eigenvalue weighted by Gasteiger charge is -2.35. The van der Waals surface area contributed by atoms with Gasteiger partial charge in [0.25, 0.3) is 11.5 Å². The van der Waals surface area contributed by atoms with Crippen molar-refractivity contribution >= 4 is 52.1 Å². The minimum atomic E-state index is -0.344. The van der Waals surface area contributed by atoms with Gasteiger partial charge in [-0.05, 0) is 68.9 Å².